The highest BCUT2D eigenvalue weighted by Gasteiger charge is 2.30. The predicted octanol–water partition coefficient (Wildman–Crippen LogP) is 4.50. The number of rotatable bonds is 6. The summed E-state index contributed by atoms with van der Waals surface area (Å²) in [5, 5.41) is 5.70. The van der Waals surface area contributed by atoms with Crippen molar-refractivity contribution in [3.8, 4) is 5.75 Å². The average Bonchev–Trinajstić information content (AvgIpc) is 2.80. The van der Waals surface area contributed by atoms with Crippen molar-refractivity contribution in [3.63, 3.8) is 0 Å². The van der Waals surface area contributed by atoms with E-state index >= 15 is 0 Å². The van der Waals surface area contributed by atoms with Crippen molar-refractivity contribution in [1.82, 2.24) is 9.78 Å². The number of aromatic nitrogens is 2. The molecule has 0 saturated carbocycles. The van der Waals surface area contributed by atoms with Gasteiger partial charge in [-0.15, -0.1) is 0 Å². The van der Waals surface area contributed by atoms with Gasteiger partial charge in [0.25, 0.3) is 11.5 Å². The van der Waals surface area contributed by atoms with Crippen molar-refractivity contribution < 1.29 is 9.53 Å². The van der Waals surface area contributed by atoms with Crippen molar-refractivity contribution in [3.05, 3.63) is 63.6 Å². The van der Waals surface area contributed by atoms with Crippen molar-refractivity contribution in [2.24, 2.45) is 0 Å². The van der Waals surface area contributed by atoms with E-state index in [0.717, 1.165) is 48.9 Å². The van der Waals surface area contributed by atoms with Gasteiger partial charge in [-0.3, -0.25) is 9.59 Å². The topological polar surface area (TPSA) is 64.4 Å². The zero-order chi connectivity index (χ0) is 22.0. The van der Waals surface area contributed by atoms with Crippen LogP contribution in [0.25, 0.3) is 10.8 Å². The monoisotopic (exact) mass is 419 g/mol. The highest BCUT2D eigenvalue weighted by atomic mass is 16.5. The highest BCUT2D eigenvalue weighted by Crippen LogP contribution is 2.39. The van der Waals surface area contributed by atoms with E-state index in [2.05, 4.69) is 18.9 Å². The Balaban J connectivity index is 1.85. The SMILES string of the molecule is CCCCCn1nc(C(=O)N2CCCc3c(C)ccc(OC)c32)c2ccccc2c1=O. The number of methoxy groups -OCH3 is 1. The van der Waals surface area contributed by atoms with Crippen molar-refractivity contribution in [2.45, 2.75) is 52.5 Å². The lowest BCUT2D eigenvalue weighted by atomic mass is 9.95. The molecule has 0 spiro atoms. The maximum Gasteiger partial charge on any atom is 0.279 e. The summed E-state index contributed by atoms with van der Waals surface area (Å²) in [5.74, 6) is 0.500. The fourth-order valence-corrected chi connectivity index (χ4v) is 4.40. The van der Waals surface area contributed by atoms with E-state index in [1.165, 1.54) is 4.68 Å². The Morgan fingerprint density at radius 2 is 1.90 bits per heavy atom. The van der Waals surface area contributed by atoms with Crippen LogP contribution in [-0.4, -0.2) is 29.3 Å². The average molecular weight is 420 g/mol. The summed E-state index contributed by atoms with van der Waals surface area (Å²) in [6.07, 6.45) is 4.71. The third-order valence-electron chi connectivity index (χ3n) is 6.07. The predicted molar refractivity (Wildman–Crippen MR) is 123 cm³/mol. The van der Waals surface area contributed by atoms with Crippen LogP contribution in [0, 0.1) is 6.92 Å². The normalized spacial score (nSPS) is 13.3. The van der Waals surface area contributed by atoms with E-state index in [0.29, 0.717) is 35.3 Å². The molecule has 1 aliphatic heterocycles. The number of ether oxygens (including phenoxy) is 1. The number of nitrogens with zero attached hydrogens (tertiary/aromatic N) is 3. The number of carbonyl (C=O) groups is 1. The van der Waals surface area contributed by atoms with Gasteiger partial charge in [0.15, 0.2) is 5.69 Å². The summed E-state index contributed by atoms with van der Waals surface area (Å²) in [6.45, 7) is 5.29. The molecule has 0 aliphatic carbocycles. The van der Waals surface area contributed by atoms with E-state index in [4.69, 9.17) is 4.74 Å². The molecule has 2 heterocycles. The number of anilines is 1. The first-order chi connectivity index (χ1) is 15.1. The minimum Gasteiger partial charge on any atom is -0.495 e. The summed E-state index contributed by atoms with van der Waals surface area (Å²) in [6, 6.07) is 11.2. The molecule has 0 saturated heterocycles. The lowest BCUT2D eigenvalue weighted by Gasteiger charge is -2.32. The van der Waals surface area contributed by atoms with Gasteiger partial charge < -0.3 is 9.64 Å². The van der Waals surface area contributed by atoms with Gasteiger partial charge in [0.05, 0.1) is 18.2 Å². The first kappa shape index (κ1) is 21.1. The molecule has 3 aromatic rings. The van der Waals surface area contributed by atoms with Crippen LogP contribution in [0.1, 0.15) is 54.2 Å². The largest absolute Gasteiger partial charge is 0.495 e. The molecule has 6 heteroatoms. The molecule has 2 aromatic carbocycles. The van der Waals surface area contributed by atoms with Crippen LogP contribution in [0.5, 0.6) is 5.75 Å². The van der Waals surface area contributed by atoms with E-state index in [9.17, 15) is 9.59 Å². The van der Waals surface area contributed by atoms with E-state index in [-0.39, 0.29) is 11.5 Å². The summed E-state index contributed by atoms with van der Waals surface area (Å²) in [4.78, 5) is 28.6. The number of aryl methyl sites for hydroxylation is 2. The van der Waals surface area contributed by atoms with E-state index < -0.39 is 0 Å². The van der Waals surface area contributed by atoms with E-state index in [1.807, 2.05) is 30.3 Å². The Kier molecular flexibility index (Phi) is 6.07. The number of amides is 1. The zero-order valence-electron chi connectivity index (χ0n) is 18.5. The van der Waals surface area contributed by atoms with Gasteiger partial charge in [0, 0.05) is 18.5 Å². The van der Waals surface area contributed by atoms with Crippen LogP contribution in [0.15, 0.2) is 41.2 Å². The number of hydrogen-bond donors (Lipinski definition) is 0. The van der Waals surface area contributed by atoms with Crippen LogP contribution >= 0.6 is 0 Å². The smallest absolute Gasteiger partial charge is 0.279 e. The lowest BCUT2D eigenvalue weighted by Crippen LogP contribution is -2.38. The molecule has 0 fully saturated rings. The van der Waals surface area contributed by atoms with Crippen molar-refractivity contribution >= 4 is 22.4 Å². The van der Waals surface area contributed by atoms with Gasteiger partial charge in [-0.1, -0.05) is 44.0 Å². The van der Waals surface area contributed by atoms with Gasteiger partial charge in [-0.2, -0.15) is 5.10 Å². The first-order valence-corrected chi connectivity index (χ1v) is 11.0. The lowest BCUT2D eigenvalue weighted by molar-refractivity contribution is 0.0979. The number of hydrogen-bond acceptors (Lipinski definition) is 4. The molecule has 1 aliphatic rings. The third kappa shape index (κ3) is 3.82. The summed E-state index contributed by atoms with van der Waals surface area (Å²) >= 11 is 0. The second-order valence-corrected chi connectivity index (χ2v) is 8.10. The standard InChI is InChI=1S/C25H29N3O3/c1-4-5-8-16-28-24(29)20-11-7-6-10-19(20)22(26-28)25(30)27-15-9-12-18-17(2)13-14-21(31-3)23(18)27/h6-7,10-11,13-14H,4-5,8-9,12,15-16H2,1-3H3. The minimum absolute atomic E-state index is 0.143. The number of benzene rings is 2. The molecule has 0 atom stereocenters. The summed E-state index contributed by atoms with van der Waals surface area (Å²) < 4.78 is 7.07. The van der Waals surface area contributed by atoms with Gasteiger partial charge in [-0.05, 0) is 49.4 Å². The Morgan fingerprint density at radius 3 is 2.65 bits per heavy atom. The minimum atomic E-state index is -0.190. The van der Waals surface area contributed by atoms with Crippen LogP contribution in [0.2, 0.25) is 0 Å². The molecule has 6 nitrogen and oxygen atoms in total. The fourth-order valence-electron chi connectivity index (χ4n) is 4.40. The number of fused-ring (bicyclic) bond motifs is 2. The molecular weight excluding hydrogens is 390 g/mol. The molecule has 0 unspecified atom stereocenters. The first-order valence-electron chi connectivity index (χ1n) is 11.0. The van der Waals surface area contributed by atoms with Crippen LogP contribution < -0.4 is 15.2 Å². The molecule has 0 N–H and O–H groups in total. The Hall–Kier alpha value is -3.15. The molecule has 0 bridgehead atoms. The molecule has 4 rings (SSSR count). The maximum atomic E-state index is 13.8. The molecule has 162 valence electrons. The second kappa shape index (κ2) is 8.92. The quantitative estimate of drug-likeness (QED) is 0.552. The Bertz CT molecular complexity index is 1180. The van der Waals surface area contributed by atoms with Crippen LogP contribution in [-0.2, 0) is 13.0 Å². The molecule has 31 heavy (non-hydrogen) atoms. The van der Waals surface area contributed by atoms with Crippen molar-refractivity contribution in [1.29, 1.82) is 0 Å². The Morgan fingerprint density at radius 1 is 1.13 bits per heavy atom. The van der Waals surface area contributed by atoms with Gasteiger partial charge in [0.2, 0.25) is 0 Å². The molecule has 0 radical (unpaired) electrons. The fraction of sp³-hybridized carbons (Fsp3) is 0.400. The summed E-state index contributed by atoms with van der Waals surface area (Å²) in [5.41, 5.74) is 3.29. The highest BCUT2D eigenvalue weighted by molar-refractivity contribution is 6.13. The van der Waals surface area contributed by atoms with Gasteiger partial charge in [-0.25, -0.2) is 4.68 Å². The summed E-state index contributed by atoms with van der Waals surface area (Å²) in [7, 11) is 1.63. The number of unbranched alkanes of at least 4 members (excludes halogenated alkanes) is 2. The van der Waals surface area contributed by atoms with E-state index in [1.54, 1.807) is 18.1 Å². The zero-order valence-corrected chi connectivity index (χ0v) is 18.5. The molecular formula is C25H29N3O3. The van der Waals surface area contributed by atoms with Gasteiger partial charge >= 0.3 is 0 Å². The van der Waals surface area contributed by atoms with Crippen LogP contribution in [0.3, 0.4) is 0 Å². The molecule has 1 amide bonds. The Labute approximate surface area is 182 Å². The maximum absolute atomic E-state index is 13.8. The molecule has 1 aromatic heterocycles. The van der Waals surface area contributed by atoms with Gasteiger partial charge in [0.1, 0.15) is 5.75 Å². The number of carbonyl (C=O) groups excluding carboxylic acids is 1. The van der Waals surface area contributed by atoms with Crippen molar-refractivity contribution in [2.75, 3.05) is 18.6 Å². The third-order valence-corrected chi connectivity index (χ3v) is 6.07. The van der Waals surface area contributed by atoms with Crippen LogP contribution in [0.4, 0.5) is 5.69 Å². The second-order valence-electron chi connectivity index (χ2n) is 8.10.